The standard InChI is InChI=1S/C16H13ClN4O3S/c17-12-1-3-14(4-2-12)21-16(22)11(9-18)10-20-13-5-7-15(8-6-13)25(19,23)24/h1-8,10,20H,(H,21,22)(H2,19,23,24)/b11-10-. The van der Waals surface area contributed by atoms with E-state index in [0.29, 0.717) is 16.4 Å². The van der Waals surface area contributed by atoms with Crippen LogP contribution in [0.4, 0.5) is 11.4 Å². The first-order valence-corrected chi connectivity index (χ1v) is 8.78. The van der Waals surface area contributed by atoms with Gasteiger partial charge in [-0.15, -0.1) is 0 Å². The number of anilines is 2. The highest BCUT2D eigenvalue weighted by Crippen LogP contribution is 2.15. The Kier molecular flexibility index (Phi) is 5.77. The molecule has 2 aromatic carbocycles. The van der Waals surface area contributed by atoms with Crippen LogP contribution in [0.15, 0.2) is 65.2 Å². The number of nitriles is 1. The lowest BCUT2D eigenvalue weighted by atomic mass is 10.2. The van der Waals surface area contributed by atoms with Crippen LogP contribution in [0, 0.1) is 11.3 Å². The molecule has 1 amide bonds. The van der Waals surface area contributed by atoms with Crippen molar-refractivity contribution >= 4 is 38.9 Å². The van der Waals surface area contributed by atoms with Gasteiger partial charge in [0.05, 0.1) is 4.90 Å². The number of hydrogen-bond donors (Lipinski definition) is 3. The van der Waals surface area contributed by atoms with Gasteiger partial charge in [0.25, 0.3) is 5.91 Å². The van der Waals surface area contributed by atoms with Gasteiger partial charge in [-0.2, -0.15) is 5.26 Å². The normalized spacial score (nSPS) is 11.5. The minimum absolute atomic E-state index is 0.0389. The van der Waals surface area contributed by atoms with Crippen LogP contribution in [0.3, 0.4) is 0 Å². The molecule has 0 aliphatic heterocycles. The highest BCUT2D eigenvalue weighted by molar-refractivity contribution is 7.89. The molecule has 0 heterocycles. The van der Waals surface area contributed by atoms with Gasteiger partial charge in [0, 0.05) is 22.6 Å². The minimum atomic E-state index is -3.78. The summed E-state index contributed by atoms with van der Waals surface area (Å²) < 4.78 is 22.4. The maximum atomic E-state index is 12.1. The number of nitrogens with one attached hydrogen (secondary N) is 2. The number of amides is 1. The molecule has 4 N–H and O–H groups in total. The van der Waals surface area contributed by atoms with Crippen molar-refractivity contribution in [2.75, 3.05) is 10.6 Å². The second kappa shape index (κ2) is 7.81. The molecule has 2 aromatic rings. The van der Waals surface area contributed by atoms with Crippen molar-refractivity contribution < 1.29 is 13.2 Å². The van der Waals surface area contributed by atoms with Crippen LogP contribution < -0.4 is 15.8 Å². The fourth-order valence-electron chi connectivity index (χ4n) is 1.78. The number of carbonyl (C=O) groups is 1. The summed E-state index contributed by atoms with van der Waals surface area (Å²) in [5.41, 5.74) is 0.818. The summed E-state index contributed by atoms with van der Waals surface area (Å²) in [5.74, 6) is -0.599. The van der Waals surface area contributed by atoms with E-state index in [1.807, 2.05) is 0 Å². The van der Waals surface area contributed by atoms with E-state index in [9.17, 15) is 13.2 Å². The van der Waals surface area contributed by atoms with E-state index in [0.717, 1.165) is 0 Å². The number of hydrogen-bond acceptors (Lipinski definition) is 5. The van der Waals surface area contributed by atoms with Gasteiger partial charge in [0.1, 0.15) is 11.6 Å². The van der Waals surface area contributed by atoms with Crippen molar-refractivity contribution in [2.24, 2.45) is 5.14 Å². The Bertz CT molecular complexity index is 946. The molecule has 0 bridgehead atoms. The molecule has 128 valence electrons. The summed E-state index contributed by atoms with van der Waals surface area (Å²) in [6.07, 6.45) is 1.22. The van der Waals surface area contributed by atoms with Crippen LogP contribution >= 0.6 is 11.6 Å². The topological polar surface area (TPSA) is 125 Å². The second-order valence-corrected chi connectivity index (χ2v) is 6.84. The third kappa shape index (κ3) is 5.32. The van der Waals surface area contributed by atoms with E-state index in [-0.39, 0.29) is 10.5 Å². The van der Waals surface area contributed by atoms with Crippen molar-refractivity contribution in [3.05, 3.63) is 65.3 Å². The van der Waals surface area contributed by atoms with Crippen molar-refractivity contribution in [1.82, 2.24) is 0 Å². The van der Waals surface area contributed by atoms with E-state index in [1.165, 1.54) is 30.5 Å². The molecule has 0 aliphatic carbocycles. The van der Waals surface area contributed by atoms with Crippen molar-refractivity contribution in [3.63, 3.8) is 0 Å². The molecule has 0 radical (unpaired) electrons. The van der Waals surface area contributed by atoms with Crippen LogP contribution in [-0.2, 0) is 14.8 Å². The average Bonchev–Trinajstić information content (AvgIpc) is 2.57. The molecular formula is C16H13ClN4O3S. The smallest absolute Gasteiger partial charge is 0.267 e. The van der Waals surface area contributed by atoms with Gasteiger partial charge in [-0.05, 0) is 48.5 Å². The number of benzene rings is 2. The van der Waals surface area contributed by atoms with Crippen LogP contribution in [-0.4, -0.2) is 14.3 Å². The monoisotopic (exact) mass is 376 g/mol. The summed E-state index contributed by atoms with van der Waals surface area (Å²) in [4.78, 5) is 12.0. The van der Waals surface area contributed by atoms with Gasteiger partial charge in [-0.3, -0.25) is 4.79 Å². The lowest BCUT2D eigenvalue weighted by Crippen LogP contribution is -2.14. The highest BCUT2D eigenvalue weighted by atomic mass is 35.5. The Morgan fingerprint density at radius 1 is 1.08 bits per heavy atom. The molecule has 0 aromatic heterocycles. The summed E-state index contributed by atoms with van der Waals surface area (Å²) in [6, 6.07) is 13.8. The van der Waals surface area contributed by atoms with Gasteiger partial charge in [0.2, 0.25) is 10.0 Å². The molecule has 0 atom stereocenters. The summed E-state index contributed by atoms with van der Waals surface area (Å²) in [7, 11) is -3.78. The molecule has 25 heavy (non-hydrogen) atoms. The zero-order valence-electron chi connectivity index (χ0n) is 12.7. The Morgan fingerprint density at radius 2 is 1.64 bits per heavy atom. The van der Waals surface area contributed by atoms with Gasteiger partial charge in [-0.25, -0.2) is 13.6 Å². The molecule has 0 saturated heterocycles. The predicted molar refractivity (Wildman–Crippen MR) is 95.2 cm³/mol. The lowest BCUT2D eigenvalue weighted by Gasteiger charge is -2.06. The SMILES string of the molecule is N#C/C(=C/Nc1ccc(S(N)(=O)=O)cc1)C(=O)Nc1ccc(Cl)cc1. The zero-order valence-corrected chi connectivity index (χ0v) is 14.3. The molecule has 0 spiro atoms. The van der Waals surface area contributed by atoms with Crippen molar-refractivity contribution in [3.8, 4) is 6.07 Å². The molecule has 9 heteroatoms. The Labute approximate surface area is 149 Å². The quantitative estimate of drug-likeness (QED) is 0.546. The van der Waals surface area contributed by atoms with E-state index < -0.39 is 15.9 Å². The number of halogens is 1. The zero-order chi connectivity index (χ0) is 18.4. The van der Waals surface area contributed by atoms with E-state index in [1.54, 1.807) is 30.3 Å². The van der Waals surface area contributed by atoms with Crippen molar-refractivity contribution in [2.45, 2.75) is 4.90 Å². The molecular weight excluding hydrogens is 364 g/mol. The maximum absolute atomic E-state index is 12.1. The number of nitrogens with zero attached hydrogens (tertiary/aromatic N) is 1. The van der Waals surface area contributed by atoms with Crippen LogP contribution in [0.2, 0.25) is 5.02 Å². The molecule has 0 fully saturated rings. The van der Waals surface area contributed by atoms with Crippen LogP contribution in [0.25, 0.3) is 0 Å². The molecule has 7 nitrogen and oxygen atoms in total. The molecule has 0 aliphatic rings. The third-order valence-electron chi connectivity index (χ3n) is 3.03. The van der Waals surface area contributed by atoms with Gasteiger partial charge >= 0.3 is 0 Å². The van der Waals surface area contributed by atoms with Gasteiger partial charge in [0.15, 0.2) is 0 Å². The lowest BCUT2D eigenvalue weighted by molar-refractivity contribution is -0.112. The first-order valence-electron chi connectivity index (χ1n) is 6.86. The number of rotatable bonds is 5. The van der Waals surface area contributed by atoms with E-state index in [2.05, 4.69) is 10.6 Å². The number of sulfonamides is 1. The first-order chi connectivity index (χ1) is 11.8. The second-order valence-electron chi connectivity index (χ2n) is 4.84. The third-order valence-corrected chi connectivity index (χ3v) is 4.21. The van der Waals surface area contributed by atoms with Gasteiger partial charge in [-0.1, -0.05) is 11.6 Å². The number of carbonyl (C=O) groups excluding carboxylic acids is 1. The summed E-state index contributed by atoms with van der Waals surface area (Å²) >= 11 is 5.76. The van der Waals surface area contributed by atoms with Crippen LogP contribution in [0.1, 0.15) is 0 Å². The van der Waals surface area contributed by atoms with Crippen LogP contribution in [0.5, 0.6) is 0 Å². The summed E-state index contributed by atoms with van der Waals surface area (Å²) in [5, 5.41) is 20.0. The Hall–Kier alpha value is -2.86. The highest BCUT2D eigenvalue weighted by Gasteiger charge is 2.10. The van der Waals surface area contributed by atoms with E-state index >= 15 is 0 Å². The van der Waals surface area contributed by atoms with Crippen molar-refractivity contribution in [1.29, 1.82) is 5.26 Å². The predicted octanol–water partition coefficient (Wildman–Crippen LogP) is 2.45. The summed E-state index contributed by atoms with van der Waals surface area (Å²) in [6.45, 7) is 0. The number of primary sulfonamides is 1. The average molecular weight is 377 g/mol. The minimum Gasteiger partial charge on any atom is -0.360 e. The van der Waals surface area contributed by atoms with Gasteiger partial charge < -0.3 is 10.6 Å². The first kappa shape index (κ1) is 18.5. The number of nitrogens with two attached hydrogens (primary N) is 1. The molecule has 0 unspecified atom stereocenters. The maximum Gasteiger partial charge on any atom is 0.267 e. The fourth-order valence-corrected chi connectivity index (χ4v) is 2.42. The Balaban J connectivity index is 2.08. The fraction of sp³-hybridized carbons (Fsp3) is 0. The largest absolute Gasteiger partial charge is 0.360 e. The Morgan fingerprint density at radius 3 is 2.16 bits per heavy atom. The molecule has 0 saturated carbocycles. The van der Waals surface area contributed by atoms with E-state index in [4.69, 9.17) is 22.0 Å². The molecule has 2 rings (SSSR count).